The Balaban J connectivity index is 2.57. The minimum atomic E-state index is -0.880. The summed E-state index contributed by atoms with van der Waals surface area (Å²) < 4.78 is 15.6. The van der Waals surface area contributed by atoms with Gasteiger partial charge < -0.3 is 24.4 Å². The van der Waals surface area contributed by atoms with Crippen molar-refractivity contribution in [2.24, 2.45) is 0 Å². The summed E-state index contributed by atoms with van der Waals surface area (Å²) in [4.78, 5) is 50.5. The molecule has 0 aliphatic carbocycles. The third kappa shape index (κ3) is 10.1. The van der Waals surface area contributed by atoms with E-state index in [4.69, 9.17) is 14.2 Å². The maximum absolute atomic E-state index is 12.3. The van der Waals surface area contributed by atoms with Crippen LogP contribution in [0.2, 0.25) is 0 Å². The van der Waals surface area contributed by atoms with Gasteiger partial charge in [0.1, 0.15) is 6.04 Å². The number of nitrogens with one attached hydrogen (secondary N) is 1. The van der Waals surface area contributed by atoms with Gasteiger partial charge in [0.25, 0.3) is 5.09 Å². The zero-order valence-corrected chi connectivity index (χ0v) is 18.6. The number of carbonyl (C=O) groups excluding carboxylic acids is 3. The van der Waals surface area contributed by atoms with Crippen molar-refractivity contribution >= 4 is 17.8 Å². The minimum Gasteiger partial charge on any atom is -0.493 e. The smallest absolute Gasteiger partial charge is 0.338 e. The topological polar surface area (TPSA) is 143 Å². The quantitative estimate of drug-likeness (QED) is 0.139. The van der Waals surface area contributed by atoms with E-state index in [1.54, 1.807) is 0 Å². The molecule has 0 radical (unpaired) electrons. The van der Waals surface area contributed by atoms with E-state index < -0.39 is 23.1 Å². The summed E-state index contributed by atoms with van der Waals surface area (Å²) in [5.74, 6) is -1.27. The summed E-state index contributed by atoms with van der Waals surface area (Å²) in [6.07, 6.45) is 3.78. The number of benzene rings is 1. The Labute approximate surface area is 186 Å². The molecule has 1 N–H and O–H groups in total. The Morgan fingerprint density at radius 2 is 1.81 bits per heavy atom. The maximum atomic E-state index is 12.3. The summed E-state index contributed by atoms with van der Waals surface area (Å²) in [7, 11) is 1.36. The standard InChI is InChI=1S/C21H30N2O9/c1-4-5-6-9-19(24)22-15(2)20(25)32-17-11-10-16(14-18(17)29-3)21(26)30-12-7-8-13-31-23(27)28/h10-11,14-15H,4-9,12-13H2,1-3H3,(H,22,24). The molecule has 0 spiro atoms. The largest absolute Gasteiger partial charge is 0.493 e. The molecule has 32 heavy (non-hydrogen) atoms. The van der Waals surface area contributed by atoms with Crippen molar-refractivity contribution in [2.45, 2.75) is 58.4 Å². The van der Waals surface area contributed by atoms with Gasteiger partial charge in [-0.05, 0) is 44.4 Å². The van der Waals surface area contributed by atoms with Gasteiger partial charge in [0.15, 0.2) is 11.5 Å². The SMILES string of the molecule is CCCCCC(=O)NC(C)C(=O)Oc1ccc(C(=O)OCCCCO[N+](=O)[O-])cc1OC. The average molecular weight is 454 g/mol. The monoisotopic (exact) mass is 454 g/mol. The highest BCUT2D eigenvalue weighted by Gasteiger charge is 2.20. The molecule has 0 heterocycles. The molecule has 0 aliphatic heterocycles. The van der Waals surface area contributed by atoms with Gasteiger partial charge in [-0.15, -0.1) is 10.1 Å². The van der Waals surface area contributed by atoms with E-state index >= 15 is 0 Å². The lowest BCUT2D eigenvalue weighted by atomic mass is 10.2. The molecule has 1 atom stereocenters. The van der Waals surface area contributed by atoms with Gasteiger partial charge in [0.05, 0.1) is 25.9 Å². The van der Waals surface area contributed by atoms with Crippen molar-refractivity contribution in [3.63, 3.8) is 0 Å². The Morgan fingerprint density at radius 1 is 1.09 bits per heavy atom. The van der Waals surface area contributed by atoms with Crippen molar-refractivity contribution in [1.82, 2.24) is 5.32 Å². The van der Waals surface area contributed by atoms with E-state index in [-0.39, 0.29) is 36.2 Å². The van der Waals surface area contributed by atoms with Gasteiger partial charge in [-0.1, -0.05) is 19.8 Å². The maximum Gasteiger partial charge on any atom is 0.338 e. The predicted molar refractivity (Wildman–Crippen MR) is 113 cm³/mol. The van der Waals surface area contributed by atoms with Gasteiger partial charge in [-0.2, -0.15) is 0 Å². The Morgan fingerprint density at radius 3 is 2.47 bits per heavy atom. The minimum absolute atomic E-state index is 0.0639. The fourth-order valence-electron chi connectivity index (χ4n) is 2.58. The summed E-state index contributed by atoms with van der Waals surface area (Å²) in [5.41, 5.74) is 0.181. The van der Waals surface area contributed by atoms with Crippen LogP contribution in [0.15, 0.2) is 18.2 Å². The summed E-state index contributed by atoms with van der Waals surface area (Å²) in [6.45, 7) is 3.55. The molecule has 0 aromatic heterocycles. The van der Waals surface area contributed by atoms with Crippen LogP contribution in [-0.4, -0.2) is 49.3 Å². The Kier molecular flexibility index (Phi) is 12.2. The molecular formula is C21H30N2O9. The predicted octanol–water partition coefficient (Wildman–Crippen LogP) is 2.83. The van der Waals surface area contributed by atoms with E-state index in [0.29, 0.717) is 19.3 Å². The molecule has 1 aromatic rings. The number of amides is 1. The lowest BCUT2D eigenvalue weighted by Crippen LogP contribution is -2.40. The fraction of sp³-hybridized carbons (Fsp3) is 0.571. The molecule has 0 saturated carbocycles. The van der Waals surface area contributed by atoms with Gasteiger partial charge in [0.2, 0.25) is 5.91 Å². The molecule has 0 fully saturated rings. The number of methoxy groups -OCH3 is 1. The van der Waals surface area contributed by atoms with E-state index in [9.17, 15) is 24.5 Å². The molecule has 0 aliphatic rings. The Hall–Kier alpha value is -3.37. The molecule has 0 bridgehead atoms. The van der Waals surface area contributed by atoms with Crippen LogP contribution in [0.4, 0.5) is 0 Å². The summed E-state index contributed by atoms with van der Waals surface area (Å²) in [6, 6.07) is 3.33. The van der Waals surface area contributed by atoms with Gasteiger partial charge >= 0.3 is 11.9 Å². The van der Waals surface area contributed by atoms with Crippen LogP contribution in [0.25, 0.3) is 0 Å². The van der Waals surface area contributed by atoms with Crippen LogP contribution in [0.3, 0.4) is 0 Å². The lowest BCUT2D eigenvalue weighted by Gasteiger charge is -2.15. The number of rotatable bonds is 15. The third-order valence-electron chi connectivity index (χ3n) is 4.32. The zero-order chi connectivity index (χ0) is 23.9. The van der Waals surface area contributed by atoms with Crippen LogP contribution in [-0.2, 0) is 19.2 Å². The first-order chi connectivity index (χ1) is 15.3. The van der Waals surface area contributed by atoms with Crippen molar-refractivity contribution in [2.75, 3.05) is 20.3 Å². The molecule has 178 valence electrons. The van der Waals surface area contributed by atoms with E-state index in [2.05, 4.69) is 10.2 Å². The van der Waals surface area contributed by atoms with Crippen molar-refractivity contribution in [3.05, 3.63) is 33.9 Å². The summed E-state index contributed by atoms with van der Waals surface area (Å²) in [5, 5.41) is 11.8. The highest BCUT2D eigenvalue weighted by Crippen LogP contribution is 2.28. The van der Waals surface area contributed by atoms with Crippen LogP contribution in [0, 0.1) is 10.1 Å². The van der Waals surface area contributed by atoms with Crippen LogP contribution >= 0.6 is 0 Å². The highest BCUT2D eigenvalue weighted by molar-refractivity contribution is 5.90. The average Bonchev–Trinajstić information content (AvgIpc) is 2.76. The number of nitrogens with zero attached hydrogens (tertiary/aromatic N) is 1. The molecule has 0 saturated heterocycles. The second-order valence-corrected chi connectivity index (χ2v) is 6.93. The van der Waals surface area contributed by atoms with Crippen LogP contribution in [0.1, 0.15) is 62.7 Å². The first-order valence-corrected chi connectivity index (χ1v) is 10.4. The van der Waals surface area contributed by atoms with E-state index in [1.165, 1.54) is 32.2 Å². The lowest BCUT2D eigenvalue weighted by molar-refractivity contribution is -0.757. The first kappa shape index (κ1) is 26.7. The van der Waals surface area contributed by atoms with Gasteiger partial charge in [-0.25, -0.2) is 9.59 Å². The molecule has 11 heteroatoms. The van der Waals surface area contributed by atoms with Crippen LogP contribution in [0.5, 0.6) is 11.5 Å². The molecule has 1 unspecified atom stereocenters. The third-order valence-corrected chi connectivity index (χ3v) is 4.32. The second-order valence-electron chi connectivity index (χ2n) is 6.93. The van der Waals surface area contributed by atoms with E-state index in [0.717, 1.165) is 19.3 Å². The molecule has 1 amide bonds. The molecular weight excluding hydrogens is 424 g/mol. The fourth-order valence-corrected chi connectivity index (χ4v) is 2.58. The van der Waals surface area contributed by atoms with Gasteiger partial charge in [0, 0.05) is 6.42 Å². The number of esters is 2. The number of ether oxygens (including phenoxy) is 3. The number of hydrogen-bond donors (Lipinski definition) is 1. The molecule has 1 rings (SSSR count). The Bertz CT molecular complexity index is 783. The van der Waals surface area contributed by atoms with Crippen LogP contribution < -0.4 is 14.8 Å². The van der Waals surface area contributed by atoms with Crippen molar-refractivity contribution in [3.8, 4) is 11.5 Å². The van der Waals surface area contributed by atoms with Gasteiger partial charge in [-0.3, -0.25) is 4.79 Å². The first-order valence-electron chi connectivity index (χ1n) is 10.4. The summed E-state index contributed by atoms with van der Waals surface area (Å²) >= 11 is 0. The normalized spacial score (nSPS) is 11.2. The second kappa shape index (κ2) is 14.6. The van der Waals surface area contributed by atoms with E-state index in [1.807, 2.05) is 6.92 Å². The number of hydrogen-bond acceptors (Lipinski definition) is 9. The molecule has 1 aromatic carbocycles. The highest BCUT2D eigenvalue weighted by atomic mass is 16.9. The number of unbranched alkanes of at least 4 members (excludes halogenated alkanes) is 3. The number of carbonyl (C=O) groups is 3. The zero-order valence-electron chi connectivity index (χ0n) is 18.6. The van der Waals surface area contributed by atoms with Crippen molar-refractivity contribution in [1.29, 1.82) is 0 Å². The molecule has 11 nitrogen and oxygen atoms in total. The van der Waals surface area contributed by atoms with Crippen molar-refractivity contribution < 1.29 is 38.5 Å².